The van der Waals surface area contributed by atoms with Gasteiger partial charge in [-0.15, -0.1) is 5.10 Å². The maximum Gasteiger partial charge on any atom is 0.261 e. The van der Waals surface area contributed by atoms with E-state index in [1.54, 1.807) is 47.6 Å². The molecule has 0 unspecified atom stereocenters. The van der Waals surface area contributed by atoms with E-state index < -0.39 is 10.0 Å². The smallest absolute Gasteiger partial charge is 0.261 e. The number of rotatable bonds is 5. The van der Waals surface area contributed by atoms with Crippen molar-refractivity contribution in [3.63, 3.8) is 0 Å². The summed E-state index contributed by atoms with van der Waals surface area (Å²) in [5.74, 6) is 0. The van der Waals surface area contributed by atoms with Crippen molar-refractivity contribution in [2.24, 2.45) is 0 Å². The maximum atomic E-state index is 12.8. The van der Waals surface area contributed by atoms with Crippen molar-refractivity contribution in [3.8, 4) is 11.4 Å². The molecule has 28 heavy (non-hydrogen) atoms. The Labute approximate surface area is 165 Å². The predicted molar refractivity (Wildman–Crippen MR) is 103 cm³/mol. The molecular formula is C17H14ClN7O2S. The van der Waals surface area contributed by atoms with E-state index >= 15 is 0 Å². The minimum absolute atomic E-state index is 0.0819. The third kappa shape index (κ3) is 3.47. The largest absolute Gasteiger partial charge is 0.305 e. The molecule has 0 fully saturated rings. The van der Waals surface area contributed by atoms with Gasteiger partial charge in [-0.3, -0.25) is 4.72 Å². The summed E-state index contributed by atoms with van der Waals surface area (Å²) in [7, 11) is -3.84. The fourth-order valence-electron chi connectivity index (χ4n) is 2.67. The SMILES string of the molecule is Cc1ccc(S(=O)(=O)Nc2ccc(-n3ccnc3)c(Cl)c2)cc1-n1cnnn1. The molecule has 2 aromatic heterocycles. The van der Waals surface area contributed by atoms with E-state index in [-0.39, 0.29) is 4.90 Å². The van der Waals surface area contributed by atoms with E-state index in [2.05, 4.69) is 25.2 Å². The average molecular weight is 416 g/mol. The Balaban J connectivity index is 1.65. The van der Waals surface area contributed by atoms with Gasteiger partial charge >= 0.3 is 0 Å². The van der Waals surface area contributed by atoms with Gasteiger partial charge in [0.15, 0.2) is 0 Å². The van der Waals surface area contributed by atoms with Crippen LogP contribution in [0.4, 0.5) is 5.69 Å². The number of imidazole rings is 1. The minimum atomic E-state index is -3.84. The van der Waals surface area contributed by atoms with Crippen molar-refractivity contribution < 1.29 is 8.42 Å². The van der Waals surface area contributed by atoms with Crippen molar-refractivity contribution in [2.75, 3.05) is 4.72 Å². The van der Waals surface area contributed by atoms with Crippen LogP contribution in [0, 0.1) is 6.92 Å². The molecule has 2 heterocycles. The number of aryl methyl sites for hydroxylation is 1. The lowest BCUT2D eigenvalue weighted by Crippen LogP contribution is -2.14. The van der Waals surface area contributed by atoms with Gasteiger partial charge in [-0.05, 0) is 53.2 Å². The normalized spacial score (nSPS) is 11.5. The van der Waals surface area contributed by atoms with Crippen LogP contribution in [-0.4, -0.2) is 38.2 Å². The molecule has 0 aliphatic heterocycles. The van der Waals surface area contributed by atoms with E-state index in [4.69, 9.17) is 11.6 Å². The summed E-state index contributed by atoms with van der Waals surface area (Å²) in [5, 5.41) is 11.4. The molecule has 2 aromatic carbocycles. The first-order chi connectivity index (χ1) is 13.4. The zero-order chi connectivity index (χ0) is 19.7. The lowest BCUT2D eigenvalue weighted by atomic mass is 10.2. The molecule has 4 aromatic rings. The lowest BCUT2D eigenvalue weighted by molar-refractivity contribution is 0.601. The standard InChI is InChI=1S/C17H14ClN7O2S/c1-12-2-4-14(9-17(12)25-11-20-22-23-25)28(26,27)21-13-3-5-16(15(18)8-13)24-7-6-19-10-24/h2-11,21H,1H3. The maximum absolute atomic E-state index is 12.8. The average Bonchev–Trinajstić information content (AvgIpc) is 3.36. The molecule has 0 saturated carbocycles. The lowest BCUT2D eigenvalue weighted by Gasteiger charge is -2.12. The van der Waals surface area contributed by atoms with Crippen LogP contribution in [0.15, 0.2) is 66.3 Å². The highest BCUT2D eigenvalue weighted by Gasteiger charge is 2.17. The third-order valence-electron chi connectivity index (χ3n) is 4.07. The quantitative estimate of drug-likeness (QED) is 0.536. The van der Waals surface area contributed by atoms with Crippen LogP contribution < -0.4 is 4.72 Å². The Kier molecular flexibility index (Phi) is 4.57. The Hall–Kier alpha value is -3.24. The van der Waals surface area contributed by atoms with Crippen molar-refractivity contribution in [1.82, 2.24) is 29.8 Å². The molecule has 9 nitrogen and oxygen atoms in total. The molecule has 142 valence electrons. The van der Waals surface area contributed by atoms with Gasteiger partial charge in [0.25, 0.3) is 10.0 Å². The molecule has 0 bridgehead atoms. The highest BCUT2D eigenvalue weighted by atomic mass is 35.5. The van der Waals surface area contributed by atoms with Gasteiger partial charge in [0.1, 0.15) is 6.33 Å². The second-order valence-corrected chi connectivity index (χ2v) is 8.03. The van der Waals surface area contributed by atoms with Crippen LogP contribution in [0.25, 0.3) is 11.4 Å². The van der Waals surface area contributed by atoms with Gasteiger partial charge in [0.2, 0.25) is 0 Å². The Morgan fingerprint density at radius 2 is 1.93 bits per heavy atom. The fraction of sp³-hybridized carbons (Fsp3) is 0.0588. The van der Waals surface area contributed by atoms with Crippen molar-refractivity contribution >= 4 is 27.3 Å². The number of hydrogen-bond acceptors (Lipinski definition) is 6. The van der Waals surface area contributed by atoms with Crippen LogP contribution in [0.3, 0.4) is 0 Å². The summed E-state index contributed by atoms with van der Waals surface area (Å²) in [5.41, 5.74) is 2.44. The van der Waals surface area contributed by atoms with Gasteiger partial charge < -0.3 is 4.57 Å². The number of tetrazole rings is 1. The summed E-state index contributed by atoms with van der Waals surface area (Å²) in [6.45, 7) is 1.84. The monoisotopic (exact) mass is 415 g/mol. The van der Waals surface area contributed by atoms with Crippen molar-refractivity contribution in [1.29, 1.82) is 0 Å². The van der Waals surface area contributed by atoms with E-state index in [0.717, 1.165) is 5.56 Å². The molecule has 0 atom stereocenters. The highest BCUT2D eigenvalue weighted by Crippen LogP contribution is 2.26. The topological polar surface area (TPSA) is 108 Å². The van der Waals surface area contributed by atoms with Crippen LogP contribution in [0.2, 0.25) is 5.02 Å². The summed E-state index contributed by atoms with van der Waals surface area (Å²) in [6, 6.07) is 9.62. The number of halogens is 1. The van der Waals surface area contributed by atoms with Crippen molar-refractivity contribution in [3.05, 3.63) is 72.0 Å². The Bertz CT molecular complexity index is 1220. The first kappa shape index (κ1) is 18.1. The highest BCUT2D eigenvalue weighted by molar-refractivity contribution is 7.92. The molecule has 4 rings (SSSR count). The molecule has 0 aliphatic rings. The second-order valence-electron chi connectivity index (χ2n) is 5.94. The number of aromatic nitrogens is 6. The summed E-state index contributed by atoms with van der Waals surface area (Å²) < 4.78 is 31.3. The minimum Gasteiger partial charge on any atom is -0.305 e. The molecule has 0 aliphatic carbocycles. The van der Waals surface area contributed by atoms with Gasteiger partial charge in [-0.25, -0.2) is 18.1 Å². The first-order valence-corrected chi connectivity index (χ1v) is 9.95. The van der Waals surface area contributed by atoms with Crippen LogP contribution in [0.5, 0.6) is 0 Å². The number of anilines is 1. The van der Waals surface area contributed by atoms with Crippen molar-refractivity contribution in [2.45, 2.75) is 11.8 Å². The fourth-order valence-corrected chi connectivity index (χ4v) is 4.02. The zero-order valence-corrected chi connectivity index (χ0v) is 16.1. The van der Waals surface area contributed by atoms with E-state index in [1.165, 1.54) is 23.1 Å². The molecule has 11 heteroatoms. The number of sulfonamides is 1. The molecule has 0 spiro atoms. The van der Waals surface area contributed by atoms with E-state index in [0.29, 0.717) is 22.1 Å². The third-order valence-corrected chi connectivity index (χ3v) is 5.75. The predicted octanol–water partition coefficient (Wildman–Crippen LogP) is 2.61. The molecule has 1 N–H and O–H groups in total. The first-order valence-electron chi connectivity index (χ1n) is 8.09. The molecule has 0 amide bonds. The van der Waals surface area contributed by atoms with Gasteiger partial charge in [0, 0.05) is 12.4 Å². The number of nitrogens with zero attached hydrogens (tertiary/aromatic N) is 6. The number of benzene rings is 2. The Morgan fingerprint density at radius 1 is 1.07 bits per heavy atom. The van der Waals surface area contributed by atoms with Crippen LogP contribution in [-0.2, 0) is 10.0 Å². The number of nitrogens with one attached hydrogen (secondary N) is 1. The summed E-state index contributed by atoms with van der Waals surface area (Å²) >= 11 is 6.30. The Morgan fingerprint density at radius 3 is 2.61 bits per heavy atom. The van der Waals surface area contributed by atoms with Crippen LogP contribution in [0.1, 0.15) is 5.56 Å². The van der Waals surface area contributed by atoms with Gasteiger partial charge in [-0.1, -0.05) is 17.7 Å². The van der Waals surface area contributed by atoms with Crippen LogP contribution >= 0.6 is 11.6 Å². The molecule has 0 radical (unpaired) electrons. The van der Waals surface area contributed by atoms with E-state index in [9.17, 15) is 8.42 Å². The summed E-state index contributed by atoms with van der Waals surface area (Å²) in [6.07, 6.45) is 6.39. The zero-order valence-electron chi connectivity index (χ0n) is 14.6. The molecular weight excluding hydrogens is 402 g/mol. The summed E-state index contributed by atoms with van der Waals surface area (Å²) in [4.78, 5) is 4.06. The van der Waals surface area contributed by atoms with Gasteiger partial charge in [-0.2, -0.15) is 0 Å². The molecule has 0 saturated heterocycles. The van der Waals surface area contributed by atoms with E-state index in [1.807, 2.05) is 6.92 Å². The van der Waals surface area contributed by atoms with Gasteiger partial charge in [0.05, 0.1) is 33.3 Å². The second kappa shape index (κ2) is 7.06. The number of hydrogen-bond donors (Lipinski definition) is 1.